The van der Waals surface area contributed by atoms with Gasteiger partial charge in [0, 0.05) is 17.7 Å². The van der Waals surface area contributed by atoms with E-state index >= 15 is 0 Å². The van der Waals surface area contributed by atoms with Crippen LogP contribution in [-0.2, 0) is 26.1 Å². The van der Waals surface area contributed by atoms with Crippen LogP contribution in [0, 0.1) is 5.82 Å². The standard InChI is InChI=1S/C26H27FN2O8S/c1-34-23-13-20(26(31)36-3)22(14-24(23)35-2)28-25(30)16-37-19-11-9-18(10-12-19)29(38(4,32)33)15-17-7-5-6-8-21(17)27/h5-14H,15-16H2,1-4H3,(H,28,30). The molecule has 0 atom stereocenters. The summed E-state index contributed by atoms with van der Waals surface area (Å²) in [5.74, 6) is -0.939. The number of hydrogen-bond acceptors (Lipinski definition) is 8. The number of nitrogens with zero attached hydrogens (tertiary/aromatic N) is 1. The topological polar surface area (TPSA) is 120 Å². The molecule has 1 N–H and O–H groups in total. The van der Waals surface area contributed by atoms with Gasteiger partial charge in [-0.3, -0.25) is 9.10 Å². The van der Waals surface area contributed by atoms with E-state index < -0.39 is 34.3 Å². The third kappa shape index (κ3) is 6.91. The molecule has 0 spiro atoms. The molecule has 12 heteroatoms. The molecular weight excluding hydrogens is 519 g/mol. The maximum absolute atomic E-state index is 14.1. The second-order valence-corrected chi connectivity index (χ2v) is 9.84. The zero-order chi connectivity index (χ0) is 27.9. The van der Waals surface area contributed by atoms with E-state index in [-0.39, 0.29) is 40.6 Å². The lowest BCUT2D eigenvalue weighted by atomic mass is 10.1. The summed E-state index contributed by atoms with van der Waals surface area (Å²) < 4.78 is 60.6. The van der Waals surface area contributed by atoms with Crippen molar-refractivity contribution in [2.75, 3.05) is 43.8 Å². The first-order valence-corrected chi connectivity index (χ1v) is 13.0. The second kappa shape index (κ2) is 12.3. The van der Waals surface area contributed by atoms with Crippen molar-refractivity contribution in [2.45, 2.75) is 6.54 Å². The van der Waals surface area contributed by atoms with E-state index in [1.165, 1.54) is 75.9 Å². The Bertz CT molecular complexity index is 1410. The lowest BCUT2D eigenvalue weighted by molar-refractivity contribution is -0.118. The third-order valence-electron chi connectivity index (χ3n) is 5.37. The number of rotatable bonds is 11. The maximum atomic E-state index is 14.1. The fourth-order valence-electron chi connectivity index (χ4n) is 3.49. The number of nitrogens with one attached hydrogen (secondary N) is 1. The number of anilines is 2. The predicted octanol–water partition coefficient (Wildman–Crippen LogP) is 3.61. The molecule has 10 nitrogen and oxygen atoms in total. The first-order chi connectivity index (χ1) is 18.1. The van der Waals surface area contributed by atoms with Crippen molar-refractivity contribution in [2.24, 2.45) is 0 Å². The van der Waals surface area contributed by atoms with Crippen LogP contribution in [0.15, 0.2) is 60.7 Å². The summed E-state index contributed by atoms with van der Waals surface area (Å²) in [5.41, 5.74) is 0.700. The van der Waals surface area contributed by atoms with Crippen molar-refractivity contribution in [1.29, 1.82) is 0 Å². The van der Waals surface area contributed by atoms with Crippen LogP contribution in [0.1, 0.15) is 15.9 Å². The lowest BCUT2D eigenvalue weighted by Crippen LogP contribution is -2.29. The van der Waals surface area contributed by atoms with Gasteiger partial charge in [-0.2, -0.15) is 0 Å². The summed E-state index contributed by atoms with van der Waals surface area (Å²) in [6, 6.07) is 14.7. The van der Waals surface area contributed by atoms with Crippen LogP contribution in [0.3, 0.4) is 0 Å². The Labute approximate surface area is 219 Å². The third-order valence-corrected chi connectivity index (χ3v) is 6.51. The smallest absolute Gasteiger partial charge is 0.340 e. The molecule has 3 aromatic carbocycles. The van der Waals surface area contributed by atoms with E-state index in [9.17, 15) is 22.4 Å². The van der Waals surface area contributed by atoms with E-state index in [4.69, 9.17) is 18.9 Å². The van der Waals surface area contributed by atoms with E-state index in [1.54, 1.807) is 6.07 Å². The molecule has 0 radical (unpaired) electrons. The van der Waals surface area contributed by atoms with Crippen LogP contribution in [0.5, 0.6) is 17.2 Å². The Morgan fingerprint density at radius 2 is 1.58 bits per heavy atom. The number of carbonyl (C=O) groups is 2. The molecule has 3 aromatic rings. The van der Waals surface area contributed by atoms with E-state index in [0.717, 1.165) is 10.6 Å². The molecular formula is C26H27FN2O8S. The van der Waals surface area contributed by atoms with Crippen LogP contribution in [0.4, 0.5) is 15.8 Å². The van der Waals surface area contributed by atoms with Gasteiger partial charge in [0.2, 0.25) is 10.0 Å². The molecule has 0 aromatic heterocycles. The Morgan fingerprint density at radius 3 is 2.16 bits per heavy atom. The molecule has 0 aliphatic heterocycles. The Kier molecular flexibility index (Phi) is 9.13. The number of halogens is 1. The summed E-state index contributed by atoms with van der Waals surface area (Å²) in [4.78, 5) is 24.7. The Morgan fingerprint density at radius 1 is 0.947 bits per heavy atom. The average Bonchev–Trinajstić information content (AvgIpc) is 2.90. The molecule has 0 saturated carbocycles. The molecule has 38 heavy (non-hydrogen) atoms. The fourth-order valence-corrected chi connectivity index (χ4v) is 4.36. The summed E-state index contributed by atoms with van der Waals surface area (Å²) in [7, 11) is 0.302. The van der Waals surface area contributed by atoms with Crippen molar-refractivity contribution < 1.29 is 41.3 Å². The van der Waals surface area contributed by atoms with Gasteiger partial charge in [0.15, 0.2) is 18.1 Å². The summed E-state index contributed by atoms with van der Waals surface area (Å²) in [6.07, 6.45) is 1.03. The first-order valence-electron chi connectivity index (χ1n) is 11.2. The highest BCUT2D eigenvalue weighted by Crippen LogP contribution is 2.34. The Hall–Kier alpha value is -4.32. The molecule has 0 aliphatic carbocycles. The normalized spacial score (nSPS) is 10.9. The Balaban J connectivity index is 1.72. The molecule has 1 amide bonds. The van der Waals surface area contributed by atoms with Crippen molar-refractivity contribution in [3.63, 3.8) is 0 Å². The van der Waals surface area contributed by atoms with Gasteiger partial charge >= 0.3 is 5.97 Å². The zero-order valence-corrected chi connectivity index (χ0v) is 22.0. The van der Waals surface area contributed by atoms with Gasteiger partial charge in [0.25, 0.3) is 5.91 Å². The zero-order valence-electron chi connectivity index (χ0n) is 21.2. The quantitative estimate of drug-likeness (QED) is 0.362. The van der Waals surface area contributed by atoms with Gasteiger partial charge in [0.1, 0.15) is 11.6 Å². The number of ether oxygens (including phenoxy) is 4. The van der Waals surface area contributed by atoms with Gasteiger partial charge in [-0.25, -0.2) is 17.6 Å². The molecule has 0 aliphatic rings. The van der Waals surface area contributed by atoms with Gasteiger partial charge in [-0.05, 0) is 30.3 Å². The second-order valence-electron chi connectivity index (χ2n) is 7.94. The SMILES string of the molecule is COC(=O)c1cc(OC)c(OC)cc1NC(=O)COc1ccc(N(Cc2ccccc2F)S(C)(=O)=O)cc1. The maximum Gasteiger partial charge on any atom is 0.340 e. The highest BCUT2D eigenvalue weighted by Gasteiger charge is 2.21. The van der Waals surface area contributed by atoms with Gasteiger partial charge in [-0.15, -0.1) is 0 Å². The number of hydrogen-bond donors (Lipinski definition) is 1. The molecule has 0 heterocycles. The molecule has 0 unspecified atom stereocenters. The minimum Gasteiger partial charge on any atom is -0.493 e. The highest BCUT2D eigenvalue weighted by atomic mass is 32.2. The largest absolute Gasteiger partial charge is 0.493 e. The van der Waals surface area contributed by atoms with Crippen LogP contribution in [-0.4, -0.2) is 54.5 Å². The number of sulfonamides is 1. The predicted molar refractivity (Wildman–Crippen MR) is 139 cm³/mol. The fraction of sp³-hybridized carbons (Fsp3) is 0.231. The van der Waals surface area contributed by atoms with Crippen LogP contribution >= 0.6 is 0 Å². The number of esters is 1. The van der Waals surface area contributed by atoms with Crippen molar-refractivity contribution >= 4 is 33.3 Å². The number of amides is 1. The van der Waals surface area contributed by atoms with Gasteiger partial charge in [0.05, 0.1) is 51.1 Å². The summed E-state index contributed by atoms with van der Waals surface area (Å²) >= 11 is 0. The van der Waals surface area contributed by atoms with E-state index in [1.807, 2.05) is 0 Å². The molecule has 3 rings (SSSR count). The first kappa shape index (κ1) is 28.3. The highest BCUT2D eigenvalue weighted by molar-refractivity contribution is 7.92. The van der Waals surface area contributed by atoms with Crippen LogP contribution in [0.2, 0.25) is 0 Å². The molecule has 0 saturated heterocycles. The summed E-state index contributed by atoms with van der Waals surface area (Å²) in [6.45, 7) is -0.610. The lowest BCUT2D eigenvalue weighted by Gasteiger charge is -2.23. The summed E-state index contributed by atoms with van der Waals surface area (Å²) in [5, 5.41) is 2.58. The van der Waals surface area contributed by atoms with Crippen LogP contribution < -0.4 is 23.8 Å². The van der Waals surface area contributed by atoms with Gasteiger partial charge in [-0.1, -0.05) is 18.2 Å². The minimum absolute atomic E-state index is 0.0542. The van der Waals surface area contributed by atoms with Crippen LogP contribution in [0.25, 0.3) is 0 Å². The average molecular weight is 547 g/mol. The van der Waals surface area contributed by atoms with Gasteiger partial charge < -0.3 is 24.3 Å². The van der Waals surface area contributed by atoms with E-state index in [2.05, 4.69) is 5.32 Å². The number of carbonyl (C=O) groups excluding carboxylic acids is 2. The molecule has 0 bridgehead atoms. The number of methoxy groups -OCH3 is 3. The number of benzene rings is 3. The monoisotopic (exact) mass is 546 g/mol. The van der Waals surface area contributed by atoms with E-state index in [0.29, 0.717) is 5.69 Å². The van der Waals surface area contributed by atoms with Crippen molar-refractivity contribution in [3.8, 4) is 17.2 Å². The molecule has 0 fully saturated rings. The van der Waals surface area contributed by atoms with Crippen molar-refractivity contribution in [1.82, 2.24) is 0 Å². The minimum atomic E-state index is -3.73. The van der Waals surface area contributed by atoms with Crippen molar-refractivity contribution in [3.05, 3.63) is 77.6 Å². The molecule has 202 valence electrons.